The molecule has 1 aliphatic heterocycles. The minimum absolute atomic E-state index is 0.0100. The molecule has 0 unspecified atom stereocenters. The lowest BCUT2D eigenvalue weighted by Gasteiger charge is -2.32. The maximum Gasteiger partial charge on any atom is 0.264 e. The second kappa shape index (κ2) is 9.54. The van der Waals surface area contributed by atoms with Crippen molar-refractivity contribution in [1.82, 2.24) is 0 Å². The van der Waals surface area contributed by atoms with Crippen LogP contribution in [0.5, 0.6) is 11.5 Å². The Hall–Kier alpha value is -3.52. The first-order valence-electron chi connectivity index (χ1n) is 10.6. The molecule has 3 aromatic carbocycles. The first-order chi connectivity index (χ1) is 16.0. The molecule has 0 saturated heterocycles. The smallest absolute Gasteiger partial charge is 0.264 e. The topological polar surface area (TPSA) is 76.2 Å². The molecule has 172 valence electrons. The highest BCUT2D eigenvalue weighted by atomic mass is 32.2. The zero-order valence-corrected chi connectivity index (χ0v) is 19.4. The molecule has 3 aromatic rings. The van der Waals surface area contributed by atoms with E-state index >= 15 is 0 Å². The van der Waals surface area contributed by atoms with Crippen LogP contribution in [0.4, 0.5) is 11.4 Å². The number of aryl methyl sites for hydroxylation is 1. The quantitative estimate of drug-likeness (QED) is 0.528. The van der Waals surface area contributed by atoms with Gasteiger partial charge in [-0.15, -0.1) is 0 Å². The Balaban J connectivity index is 1.72. The summed E-state index contributed by atoms with van der Waals surface area (Å²) in [6.45, 7) is 0.226. The molecule has 0 spiro atoms. The fourth-order valence-corrected chi connectivity index (χ4v) is 5.44. The molecule has 0 bridgehead atoms. The molecule has 0 saturated carbocycles. The normalized spacial score (nSPS) is 13.2. The van der Waals surface area contributed by atoms with Gasteiger partial charge in [-0.1, -0.05) is 36.4 Å². The van der Waals surface area contributed by atoms with Crippen molar-refractivity contribution < 1.29 is 22.7 Å². The zero-order chi connectivity index (χ0) is 23.4. The van der Waals surface area contributed by atoms with Gasteiger partial charge in [-0.2, -0.15) is 0 Å². The van der Waals surface area contributed by atoms with Gasteiger partial charge < -0.3 is 14.4 Å². The fraction of sp³-hybridized carbons (Fsp3) is 0.240. The number of methoxy groups -OCH3 is 2. The lowest BCUT2D eigenvalue weighted by Crippen LogP contribution is -2.45. The average molecular weight is 467 g/mol. The number of hydrogen-bond acceptors (Lipinski definition) is 5. The SMILES string of the molecule is COc1ccc(S(=O)(=O)N(CC(=O)N2CCCc3ccccc32)c2ccccc2)cc1OC. The molecular weight excluding hydrogens is 440 g/mol. The van der Waals surface area contributed by atoms with Gasteiger partial charge in [-0.25, -0.2) is 8.42 Å². The molecule has 0 atom stereocenters. The van der Waals surface area contributed by atoms with Crippen molar-refractivity contribution in [1.29, 1.82) is 0 Å². The predicted molar refractivity (Wildman–Crippen MR) is 128 cm³/mol. The van der Waals surface area contributed by atoms with E-state index in [1.54, 1.807) is 35.2 Å². The summed E-state index contributed by atoms with van der Waals surface area (Å²) >= 11 is 0. The molecule has 0 aromatic heterocycles. The summed E-state index contributed by atoms with van der Waals surface area (Å²) in [5.41, 5.74) is 2.34. The number of hydrogen-bond donors (Lipinski definition) is 0. The minimum Gasteiger partial charge on any atom is -0.493 e. The highest BCUT2D eigenvalue weighted by Crippen LogP contribution is 2.33. The number of nitrogens with zero attached hydrogens (tertiary/aromatic N) is 2. The van der Waals surface area contributed by atoms with Crippen molar-refractivity contribution in [3.05, 3.63) is 78.4 Å². The molecule has 7 nitrogen and oxygen atoms in total. The van der Waals surface area contributed by atoms with Crippen molar-refractivity contribution in [2.45, 2.75) is 17.7 Å². The molecular formula is C25H26N2O5S. The summed E-state index contributed by atoms with van der Waals surface area (Å²) in [5.74, 6) is 0.432. The van der Waals surface area contributed by atoms with Crippen LogP contribution in [0.25, 0.3) is 0 Å². The van der Waals surface area contributed by atoms with Crippen LogP contribution in [0, 0.1) is 0 Å². The number of fused-ring (bicyclic) bond motifs is 1. The predicted octanol–water partition coefficient (Wildman–Crippen LogP) is 3.88. The van der Waals surface area contributed by atoms with E-state index in [2.05, 4.69) is 0 Å². The monoisotopic (exact) mass is 466 g/mol. The van der Waals surface area contributed by atoms with E-state index in [0.29, 0.717) is 23.7 Å². The van der Waals surface area contributed by atoms with Gasteiger partial charge in [-0.05, 0) is 48.7 Å². The Kier molecular flexibility index (Phi) is 6.55. The summed E-state index contributed by atoms with van der Waals surface area (Å²) in [5, 5.41) is 0. The lowest BCUT2D eigenvalue weighted by molar-refractivity contribution is -0.117. The van der Waals surface area contributed by atoms with Crippen molar-refractivity contribution in [2.75, 3.05) is 36.5 Å². The summed E-state index contributed by atoms with van der Waals surface area (Å²) in [7, 11) is -1.14. The number of benzene rings is 3. The maximum absolute atomic E-state index is 13.7. The van der Waals surface area contributed by atoms with Gasteiger partial charge in [0.2, 0.25) is 5.91 Å². The third-order valence-electron chi connectivity index (χ3n) is 5.68. The van der Waals surface area contributed by atoms with E-state index in [-0.39, 0.29) is 17.3 Å². The molecule has 0 aliphatic carbocycles. The summed E-state index contributed by atoms with van der Waals surface area (Å²) in [6, 6.07) is 20.8. The Morgan fingerprint density at radius 1 is 0.939 bits per heavy atom. The molecule has 0 radical (unpaired) electrons. The lowest BCUT2D eigenvalue weighted by atomic mass is 10.0. The summed E-state index contributed by atoms with van der Waals surface area (Å²) in [6.07, 6.45) is 1.73. The molecule has 33 heavy (non-hydrogen) atoms. The number of sulfonamides is 1. The van der Waals surface area contributed by atoms with Crippen LogP contribution in [0.1, 0.15) is 12.0 Å². The average Bonchev–Trinajstić information content (AvgIpc) is 2.86. The van der Waals surface area contributed by atoms with Gasteiger partial charge in [-0.3, -0.25) is 9.10 Å². The largest absolute Gasteiger partial charge is 0.493 e. The number of rotatable bonds is 7. The van der Waals surface area contributed by atoms with Crippen LogP contribution in [0.2, 0.25) is 0 Å². The molecule has 1 amide bonds. The van der Waals surface area contributed by atoms with Crippen LogP contribution in [0.15, 0.2) is 77.7 Å². The Morgan fingerprint density at radius 3 is 2.36 bits per heavy atom. The van der Waals surface area contributed by atoms with E-state index in [4.69, 9.17) is 9.47 Å². The van der Waals surface area contributed by atoms with Crippen LogP contribution in [0.3, 0.4) is 0 Å². The van der Waals surface area contributed by atoms with E-state index in [1.807, 2.05) is 24.3 Å². The van der Waals surface area contributed by atoms with Gasteiger partial charge >= 0.3 is 0 Å². The molecule has 1 heterocycles. The van der Waals surface area contributed by atoms with Gasteiger partial charge in [0, 0.05) is 18.3 Å². The number of carbonyl (C=O) groups excluding carboxylic acids is 1. The summed E-state index contributed by atoms with van der Waals surface area (Å²) in [4.78, 5) is 15.1. The number of anilines is 2. The zero-order valence-electron chi connectivity index (χ0n) is 18.6. The Labute approximate surface area is 194 Å². The van der Waals surface area contributed by atoms with Crippen molar-refractivity contribution in [3.8, 4) is 11.5 Å². The molecule has 0 fully saturated rings. The van der Waals surface area contributed by atoms with E-state index < -0.39 is 10.0 Å². The van der Waals surface area contributed by atoms with Gasteiger partial charge in [0.15, 0.2) is 11.5 Å². The van der Waals surface area contributed by atoms with Crippen molar-refractivity contribution in [3.63, 3.8) is 0 Å². The highest BCUT2D eigenvalue weighted by molar-refractivity contribution is 7.92. The van der Waals surface area contributed by atoms with Crippen LogP contribution in [-0.2, 0) is 21.2 Å². The summed E-state index contributed by atoms with van der Waals surface area (Å²) < 4.78 is 39.1. The Bertz CT molecular complexity index is 1240. The van der Waals surface area contributed by atoms with Crippen LogP contribution >= 0.6 is 0 Å². The van der Waals surface area contributed by atoms with Crippen molar-refractivity contribution >= 4 is 27.3 Å². The first kappa shape index (κ1) is 22.7. The molecule has 0 N–H and O–H groups in total. The second-order valence-electron chi connectivity index (χ2n) is 7.64. The molecule has 8 heteroatoms. The highest BCUT2D eigenvalue weighted by Gasteiger charge is 2.31. The standard InChI is InChI=1S/C25H26N2O5S/c1-31-23-15-14-21(17-24(23)32-2)33(29,30)27(20-11-4-3-5-12-20)18-25(28)26-16-8-10-19-9-6-7-13-22(19)26/h3-7,9,11-15,17H,8,10,16,18H2,1-2H3. The van der Waals surface area contributed by atoms with Crippen LogP contribution < -0.4 is 18.7 Å². The number of carbonyl (C=O) groups is 1. The van der Waals surface area contributed by atoms with Crippen molar-refractivity contribution in [2.24, 2.45) is 0 Å². The number of para-hydroxylation sites is 2. The Morgan fingerprint density at radius 2 is 1.64 bits per heavy atom. The first-order valence-corrected chi connectivity index (χ1v) is 12.1. The second-order valence-corrected chi connectivity index (χ2v) is 9.50. The third kappa shape index (κ3) is 4.52. The van der Waals surface area contributed by atoms with Gasteiger partial charge in [0.25, 0.3) is 10.0 Å². The number of amides is 1. The third-order valence-corrected chi connectivity index (χ3v) is 7.45. The van der Waals surface area contributed by atoms with Gasteiger partial charge in [0.1, 0.15) is 6.54 Å². The molecule has 1 aliphatic rings. The van der Waals surface area contributed by atoms with E-state index in [9.17, 15) is 13.2 Å². The van der Waals surface area contributed by atoms with Crippen LogP contribution in [-0.4, -0.2) is 41.6 Å². The van der Waals surface area contributed by atoms with E-state index in [1.165, 1.54) is 32.4 Å². The van der Waals surface area contributed by atoms with Gasteiger partial charge in [0.05, 0.1) is 24.8 Å². The molecule has 4 rings (SSSR count). The minimum atomic E-state index is -4.07. The maximum atomic E-state index is 13.7. The number of ether oxygens (including phenoxy) is 2. The van der Waals surface area contributed by atoms with E-state index in [0.717, 1.165) is 28.4 Å². The fourth-order valence-electron chi connectivity index (χ4n) is 4.01.